The van der Waals surface area contributed by atoms with Gasteiger partial charge in [0, 0.05) is 29.1 Å². The standard InChI is InChI=1S/C16H16N2O.C2H6/c1-11-15(6-3-9-17-11)12-4-2-5-13(10-12)16(19)18-14-7-8-14;1-2/h2-6,9-10,14H,7-8H2,1H3,(H,18,19);1-2H3. The highest BCUT2D eigenvalue weighted by Crippen LogP contribution is 2.23. The molecule has 0 saturated heterocycles. The fourth-order valence-corrected chi connectivity index (χ4v) is 2.11. The number of amides is 1. The number of benzene rings is 1. The molecule has 1 aromatic heterocycles. The molecule has 1 aliphatic carbocycles. The summed E-state index contributed by atoms with van der Waals surface area (Å²) in [7, 11) is 0. The third-order valence-corrected chi connectivity index (χ3v) is 3.36. The molecule has 0 unspecified atom stereocenters. The van der Waals surface area contributed by atoms with Crippen molar-refractivity contribution in [1.82, 2.24) is 10.3 Å². The molecule has 3 rings (SSSR count). The summed E-state index contributed by atoms with van der Waals surface area (Å²) in [5.41, 5.74) is 3.80. The number of aromatic nitrogens is 1. The second kappa shape index (κ2) is 7.02. The average molecular weight is 282 g/mol. The van der Waals surface area contributed by atoms with E-state index in [1.165, 1.54) is 0 Å². The molecular formula is C18H22N2O. The zero-order chi connectivity index (χ0) is 15.2. The van der Waals surface area contributed by atoms with Crippen LogP contribution in [-0.2, 0) is 0 Å². The Balaban J connectivity index is 0.000000774. The van der Waals surface area contributed by atoms with Crippen LogP contribution in [0, 0.1) is 6.92 Å². The van der Waals surface area contributed by atoms with E-state index in [0.29, 0.717) is 11.6 Å². The Kier molecular flexibility index (Phi) is 5.09. The summed E-state index contributed by atoms with van der Waals surface area (Å²) < 4.78 is 0. The van der Waals surface area contributed by atoms with Gasteiger partial charge < -0.3 is 5.32 Å². The molecule has 0 bridgehead atoms. The van der Waals surface area contributed by atoms with Gasteiger partial charge in [-0.25, -0.2) is 0 Å². The Morgan fingerprint density at radius 3 is 2.62 bits per heavy atom. The second-order valence-corrected chi connectivity index (χ2v) is 4.96. The number of aryl methyl sites for hydroxylation is 1. The quantitative estimate of drug-likeness (QED) is 0.925. The highest BCUT2D eigenvalue weighted by Gasteiger charge is 2.23. The molecule has 0 spiro atoms. The summed E-state index contributed by atoms with van der Waals surface area (Å²) in [6.45, 7) is 5.98. The predicted molar refractivity (Wildman–Crippen MR) is 86.2 cm³/mol. The van der Waals surface area contributed by atoms with Gasteiger partial charge in [0.05, 0.1) is 0 Å². The van der Waals surface area contributed by atoms with Gasteiger partial charge in [-0.1, -0.05) is 32.0 Å². The van der Waals surface area contributed by atoms with Crippen molar-refractivity contribution in [1.29, 1.82) is 0 Å². The van der Waals surface area contributed by atoms with Gasteiger partial charge in [-0.15, -0.1) is 0 Å². The monoisotopic (exact) mass is 282 g/mol. The molecule has 3 heteroatoms. The highest BCUT2D eigenvalue weighted by atomic mass is 16.1. The van der Waals surface area contributed by atoms with Crippen LogP contribution in [0.5, 0.6) is 0 Å². The van der Waals surface area contributed by atoms with Crippen molar-refractivity contribution in [2.24, 2.45) is 0 Å². The van der Waals surface area contributed by atoms with Gasteiger partial charge in [0.2, 0.25) is 0 Å². The first-order chi connectivity index (χ1) is 10.2. The van der Waals surface area contributed by atoms with Crippen molar-refractivity contribution in [3.8, 4) is 11.1 Å². The van der Waals surface area contributed by atoms with Crippen LogP contribution in [0.3, 0.4) is 0 Å². The third-order valence-electron chi connectivity index (χ3n) is 3.36. The molecule has 1 aromatic carbocycles. The SMILES string of the molecule is CC.Cc1ncccc1-c1cccc(C(=O)NC2CC2)c1. The molecule has 110 valence electrons. The molecule has 0 radical (unpaired) electrons. The van der Waals surface area contributed by atoms with Gasteiger partial charge in [-0.2, -0.15) is 0 Å². The fraction of sp³-hybridized carbons (Fsp3) is 0.333. The van der Waals surface area contributed by atoms with E-state index in [0.717, 1.165) is 29.7 Å². The van der Waals surface area contributed by atoms with Crippen LogP contribution < -0.4 is 5.32 Å². The number of hydrogen-bond donors (Lipinski definition) is 1. The van der Waals surface area contributed by atoms with Gasteiger partial charge in [0.1, 0.15) is 0 Å². The van der Waals surface area contributed by atoms with Crippen molar-refractivity contribution < 1.29 is 4.79 Å². The van der Waals surface area contributed by atoms with Gasteiger partial charge >= 0.3 is 0 Å². The molecule has 1 amide bonds. The van der Waals surface area contributed by atoms with Crippen molar-refractivity contribution in [3.63, 3.8) is 0 Å². The van der Waals surface area contributed by atoms with Crippen molar-refractivity contribution >= 4 is 5.91 Å². The zero-order valence-electron chi connectivity index (χ0n) is 12.9. The van der Waals surface area contributed by atoms with E-state index in [4.69, 9.17) is 0 Å². The molecule has 1 fully saturated rings. The van der Waals surface area contributed by atoms with E-state index in [-0.39, 0.29) is 5.91 Å². The van der Waals surface area contributed by atoms with Crippen LogP contribution in [0.4, 0.5) is 0 Å². The minimum atomic E-state index is 0.0193. The normalized spacial score (nSPS) is 13.1. The smallest absolute Gasteiger partial charge is 0.251 e. The fourth-order valence-electron chi connectivity index (χ4n) is 2.11. The summed E-state index contributed by atoms with van der Waals surface area (Å²) >= 11 is 0. The van der Waals surface area contributed by atoms with Gasteiger partial charge in [0.15, 0.2) is 0 Å². The lowest BCUT2D eigenvalue weighted by molar-refractivity contribution is 0.0951. The number of nitrogens with one attached hydrogen (secondary N) is 1. The highest BCUT2D eigenvalue weighted by molar-refractivity contribution is 5.95. The Labute approximate surface area is 126 Å². The lowest BCUT2D eigenvalue weighted by atomic mass is 10.0. The van der Waals surface area contributed by atoms with Gasteiger partial charge in [-0.3, -0.25) is 9.78 Å². The molecule has 21 heavy (non-hydrogen) atoms. The first kappa shape index (κ1) is 15.2. The van der Waals surface area contributed by atoms with Crippen molar-refractivity contribution in [3.05, 3.63) is 53.9 Å². The minimum absolute atomic E-state index is 0.0193. The molecule has 1 saturated carbocycles. The average Bonchev–Trinajstić information content (AvgIpc) is 3.34. The summed E-state index contributed by atoms with van der Waals surface area (Å²) in [6, 6.07) is 12.0. The van der Waals surface area contributed by atoms with Crippen molar-refractivity contribution in [2.75, 3.05) is 0 Å². The second-order valence-electron chi connectivity index (χ2n) is 4.96. The third kappa shape index (κ3) is 3.91. The van der Waals surface area contributed by atoms with E-state index in [1.54, 1.807) is 6.20 Å². The first-order valence-corrected chi connectivity index (χ1v) is 7.57. The van der Waals surface area contributed by atoms with E-state index in [2.05, 4.69) is 10.3 Å². The Bertz CT molecular complexity index is 618. The van der Waals surface area contributed by atoms with E-state index >= 15 is 0 Å². The molecule has 0 aliphatic heterocycles. The summed E-state index contributed by atoms with van der Waals surface area (Å²) in [6.07, 6.45) is 3.99. The van der Waals surface area contributed by atoms with Crippen LogP contribution in [0.15, 0.2) is 42.6 Å². The predicted octanol–water partition coefficient (Wildman–Crippen LogP) is 3.98. The molecule has 3 nitrogen and oxygen atoms in total. The molecule has 0 atom stereocenters. The molecule has 1 heterocycles. The van der Waals surface area contributed by atoms with Crippen LogP contribution in [0.25, 0.3) is 11.1 Å². The number of rotatable bonds is 3. The zero-order valence-corrected chi connectivity index (χ0v) is 12.9. The largest absolute Gasteiger partial charge is 0.349 e. The van der Waals surface area contributed by atoms with Crippen molar-refractivity contribution in [2.45, 2.75) is 39.7 Å². The number of nitrogens with zero attached hydrogens (tertiary/aromatic N) is 1. The lowest BCUT2D eigenvalue weighted by Gasteiger charge is -2.08. The molecular weight excluding hydrogens is 260 g/mol. The lowest BCUT2D eigenvalue weighted by Crippen LogP contribution is -2.25. The van der Waals surface area contributed by atoms with Gasteiger partial charge in [0.25, 0.3) is 5.91 Å². The molecule has 2 aromatic rings. The van der Waals surface area contributed by atoms with E-state index in [9.17, 15) is 4.79 Å². The summed E-state index contributed by atoms with van der Waals surface area (Å²) in [4.78, 5) is 16.3. The Morgan fingerprint density at radius 1 is 1.19 bits per heavy atom. The maximum Gasteiger partial charge on any atom is 0.251 e. The number of hydrogen-bond acceptors (Lipinski definition) is 2. The molecule has 1 N–H and O–H groups in total. The first-order valence-electron chi connectivity index (χ1n) is 7.57. The maximum absolute atomic E-state index is 12.0. The van der Waals surface area contributed by atoms with Crippen LogP contribution in [0.1, 0.15) is 42.7 Å². The number of pyridine rings is 1. The van der Waals surface area contributed by atoms with Crippen LogP contribution in [-0.4, -0.2) is 16.9 Å². The molecule has 1 aliphatic rings. The maximum atomic E-state index is 12.0. The van der Waals surface area contributed by atoms with Crippen LogP contribution in [0.2, 0.25) is 0 Å². The van der Waals surface area contributed by atoms with E-state index in [1.807, 2.05) is 57.2 Å². The Hall–Kier alpha value is -2.16. The summed E-state index contributed by atoms with van der Waals surface area (Å²) in [5, 5.41) is 3.01. The van der Waals surface area contributed by atoms with Crippen LogP contribution >= 0.6 is 0 Å². The van der Waals surface area contributed by atoms with E-state index < -0.39 is 0 Å². The summed E-state index contributed by atoms with van der Waals surface area (Å²) in [5.74, 6) is 0.0193. The van der Waals surface area contributed by atoms with Gasteiger partial charge in [-0.05, 0) is 43.5 Å². The Morgan fingerprint density at radius 2 is 1.95 bits per heavy atom. The topological polar surface area (TPSA) is 42.0 Å². The number of carbonyl (C=O) groups excluding carboxylic acids is 1. The number of carbonyl (C=O) groups is 1. The minimum Gasteiger partial charge on any atom is -0.349 e.